The molecule has 0 radical (unpaired) electrons. The van der Waals surface area contributed by atoms with Crippen molar-refractivity contribution in [2.75, 3.05) is 47.5 Å². The Hall–Kier alpha value is -3.27. The molecule has 0 saturated carbocycles. The molecule has 0 aliphatic heterocycles. The molecule has 0 aliphatic carbocycles. The summed E-state index contributed by atoms with van der Waals surface area (Å²) >= 11 is 0. The number of unbranched alkanes of at least 4 members (excludes halogenated alkanes) is 22. The quantitative estimate of drug-likeness (QED) is 0.0195. The average Bonchev–Trinajstić information content (AvgIpc) is 3.29. The standard InChI is InChI=1S/C58H101NO8/c1-6-8-10-12-14-16-18-20-22-23-24-25-26-27-28-29-30-31-32-33-35-37-39-41-43-45-47-49-56(61)67-54(53-66-58(57(62)63)64-51-50-59(3,4)5)52-65-55(60)48-46-44-42-40-38-36-34-21-19-17-15-13-11-9-7-2/h8,10,14-17,20-22,24-25,34,54,58H,6-7,9,11-13,18-19,23,26-33,35-53H2,1-5H3/b10-8-,16-14-,17-15-,22-20-,25-24-,34-21-. The van der Waals surface area contributed by atoms with E-state index in [0.29, 0.717) is 17.4 Å². The average molecular weight is 940 g/mol. The predicted molar refractivity (Wildman–Crippen MR) is 278 cm³/mol. The van der Waals surface area contributed by atoms with Gasteiger partial charge in [0.1, 0.15) is 13.2 Å². The highest BCUT2D eigenvalue weighted by Crippen LogP contribution is 2.15. The van der Waals surface area contributed by atoms with Crippen LogP contribution in [-0.4, -0.2) is 82.3 Å². The van der Waals surface area contributed by atoms with Gasteiger partial charge in [0.25, 0.3) is 0 Å². The fourth-order valence-corrected chi connectivity index (χ4v) is 7.26. The zero-order valence-electron chi connectivity index (χ0n) is 43.8. The van der Waals surface area contributed by atoms with Crippen LogP contribution in [-0.2, 0) is 33.3 Å². The number of aliphatic carboxylic acids is 1. The van der Waals surface area contributed by atoms with E-state index in [1.807, 2.05) is 21.1 Å². The summed E-state index contributed by atoms with van der Waals surface area (Å²) in [5.41, 5.74) is 0. The Morgan fingerprint density at radius 3 is 1.27 bits per heavy atom. The SMILES string of the molecule is CC/C=C\C/C=C\C/C=C\C/C=C\CCCCCCCCCCCCCCCCC(=O)OC(COC(=O)CCCCCCC/C=C\C/C=C\CCCCC)COC(OCC[N+](C)(C)C)C(=O)[O-]. The highest BCUT2D eigenvalue weighted by Gasteiger charge is 2.22. The fraction of sp³-hybridized carbons (Fsp3) is 0.741. The minimum atomic E-state index is -1.63. The molecule has 2 atom stereocenters. The number of carboxylic acids is 1. The minimum Gasteiger partial charge on any atom is -0.545 e. The second-order valence-corrected chi connectivity index (χ2v) is 19.1. The summed E-state index contributed by atoms with van der Waals surface area (Å²) in [5, 5.41) is 11.7. The van der Waals surface area contributed by atoms with Crippen molar-refractivity contribution in [2.24, 2.45) is 0 Å². The van der Waals surface area contributed by atoms with Gasteiger partial charge in [0.2, 0.25) is 0 Å². The van der Waals surface area contributed by atoms with Crippen molar-refractivity contribution in [1.29, 1.82) is 0 Å². The van der Waals surface area contributed by atoms with Crippen LogP contribution in [0.4, 0.5) is 0 Å². The molecule has 0 spiro atoms. The summed E-state index contributed by atoms with van der Waals surface area (Å²) in [6, 6.07) is 0. The number of nitrogens with zero attached hydrogens (tertiary/aromatic N) is 1. The van der Waals surface area contributed by atoms with E-state index in [0.717, 1.165) is 89.9 Å². The molecule has 0 aromatic rings. The van der Waals surface area contributed by atoms with Crippen molar-refractivity contribution in [1.82, 2.24) is 0 Å². The van der Waals surface area contributed by atoms with Gasteiger partial charge in [-0.1, -0.05) is 196 Å². The lowest BCUT2D eigenvalue weighted by Crippen LogP contribution is -2.44. The van der Waals surface area contributed by atoms with Crippen molar-refractivity contribution in [3.8, 4) is 0 Å². The van der Waals surface area contributed by atoms with E-state index < -0.39 is 24.3 Å². The summed E-state index contributed by atoms with van der Waals surface area (Å²) < 4.78 is 22.6. The van der Waals surface area contributed by atoms with Gasteiger partial charge < -0.3 is 33.3 Å². The largest absolute Gasteiger partial charge is 0.545 e. The van der Waals surface area contributed by atoms with Gasteiger partial charge in [-0.15, -0.1) is 0 Å². The lowest BCUT2D eigenvalue weighted by molar-refractivity contribution is -0.870. The highest BCUT2D eigenvalue weighted by atomic mass is 16.7. The number of carboxylic acid groups (broad SMARTS) is 1. The number of quaternary nitrogens is 1. The number of rotatable bonds is 49. The van der Waals surface area contributed by atoms with Gasteiger partial charge in [-0.3, -0.25) is 9.59 Å². The summed E-state index contributed by atoms with van der Waals surface area (Å²) in [7, 11) is 5.91. The van der Waals surface area contributed by atoms with E-state index in [4.69, 9.17) is 18.9 Å². The molecule has 386 valence electrons. The van der Waals surface area contributed by atoms with Gasteiger partial charge in [-0.05, 0) is 83.5 Å². The van der Waals surface area contributed by atoms with Gasteiger partial charge >= 0.3 is 11.9 Å². The smallest absolute Gasteiger partial charge is 0.306 e. The molecule has 0 aromatic carbocycles. The van der Waals surface area contributed by atoms with Crippen molar-refractivity contribution in [3.05, 3.63) is 72.9 Å². The maximum Gasteiger partial charge on any atom is 0.306 e. The Labute approximate surface area is 411 Å². The third-order valence-electron chi connectivity index (χ3n) is 11.4. The fourth-order valence-electron chi connectivity index (χ4n) is 7.26. The molecule has 0 aromatic heterocycles. The molecule has 0 heterocycles. The molecule has 67 heavy (non-hydrogen) atoms. The van der Waals surface area contributed by atoms with E-state index in [1.165, 1.54) is 96.3 Å². The van der Waals surface area contributed by atoms with Crippen molar-refractivity contribution < 1.29 is 42.9 Å². The van der Waals surface area contributed by atoms with E-state index in [-0.39, 0.29) is 38.6 Å². The van der Waals surface area contributed by atoms with Crippen LogP contribution in [0.25, 0.3) is 0 Å². The van der Waals surface area contributed by atoms with Crippen LogP contribution < -0.4 is 5.11 Å². The molecular formula is C58H101NO8. The molecule has 0 rings (SSSR count). The third-order valence-corrected chi connectivity index (χ3v) is 11.4. The second-order valence-electron chi connectivity index (χ2n) is 19.1. The van der Waals surface area contributed by atoms with Gasteiger partial charge in [0.15, 0.2) is 12.4 Å². The Morgan fingerprint density at radius 2 is 0.851 bits per heavy atom. The number of ether oxygens (including phenoxy) is 4. The number of allylic oxidation sites excluding steroid dienone is 12. The molecule has 0 N–H and O–H groups in total. The topological polar surface area (TPSA) is 111 Å². The molecule has 0 fully saturated rings. The minimum absolute atomic E-state index is 0.143. The second kappa shape index (κ2) is 49.2. The van der Waals surface area contributed by atoms with Crippen LogP contribution in [0, 0.1) is 0 Å². The summed E-state index contributed by atoms with van der Waals surface area (Å²) in [5.74, 6) is -2.30. The zero-order chi connectivity index (χ0) is 49.2. The van der Waals surface area contributed by atoms with E-state index in [9.17, 15) is 19.5 Å². The molecule has 0 bridgehead atoms. The number of hydrogen-bond acceptors (Lipinski definition) is 8. The molecule has 0 saturated heterocycles. The van der Waals surface area contributed by atoms with Crippen LogP contribution in [0.5, 0.6) is 0 Å². The Kier molecular flexibility index (Phi) is 46.8. The third kappa shape index (κ3) is 50.4. The van der Waals surface area contributed by atoms with E-state index >= 15 is 0 Å². The lowest BCUT2D eigenvalue weighted by atomic mass is 10.0. The number of carbonyl (C=O) groups is 3. The van der Waals surface area contributed by atoms with E-state index in [2.05, 4.69) is 86.8 Å². The van der Waals surface area contributed by atoms with Gasteiger partial charge in [-0.25, -0.2) is 0 Å². The number of likely N-dealkylation sites (N-methyl/N-ethyl adjacent to an activating group) is 1. The lowest BCUT2D eigenvalue weighted by Gasteiger charge is -2.26. The number of carbonyl (C=O) groups excluding carboxylic acids is 3. The zero-order valence-corrected chi connectivity index (χ0v) is 43.8. The normalized spacial score (nSPS) is 13.4. The van der Waals surface area contributed by atoms with Crippen LogP contribution >= 0.6 is 0 Å². The summed E-state index contributed by atoms with van der Waals surface area (Å²) in [6.45, 7) is 4.59. The van der Waals surface area contributed by atoms with Crippen molar-refractivity contribution >= 4 is 17.9 Å². The molecule has 9 nitrogen and oxygen atoms in total. The van der Waals surface area contributed by atoms with E-state index in [1.54, 1.807) is 0 Å². The van der Waals surface area contributed by atoms with Crippen molar-refractivity contribution in [3.63, 3.8) is 0 Å². The van der Waals surface area contributed by atoms with Gasteiger partial charge in [0, 0.05) is 12.8 Å². The summed E-state index contributed by atoms with van der Waals surface area (Å²) in [6.07, 6.45) is 59.4. The summed E-state index contributed by atoms with van der Waals surface area (Å²) in [4.78, 5) is 37.2. The maximum atomic E-state index is 12.8. The Morgan fingerprint density at radius 1 is 0.463 bits per heavy atom. The first-order chi connectivity index (χ1) is 32.6. The number of esters is 2. The Balaban J connectivity index is 4.25. The van der Waals surface area contributed by atoms with Gasteiger partial charge in [-0.2, -0.15) is 0 Å². The molecule has 9 heteroatoms. The van der Waals surface area contributed by atoms with Crippen LogP contribution in [0.2, 0.25) is 0 Å². The van der Waals surface area contributed by atoms with Crippen molar-refractivity contribution in [2.45, 2.75) is 232 Å². The first kappa shape index (κ1) is 63.7. The van der Waals surface area contributed by atoms with Crippen LogP contribution in [0.3, 0.4) is 0 Å². The van der Waals surface area contributed by atoms with Crippen LogP contribution in [0.15, 0.2) is 72.9 Å². The number of hydrogen-bond donors (Lipinski definition) is 0. The maximum absolute atomic E-state index is 12.8. The first-order valence-corrected chi connectivity index (χ1v) is 27.1. The molecular weight excluding hydrogens is 839 g/mol. The first-order valence-electron chi connectivity index (χ1n) is 27.1. The van der Waals surface area contributed by atoms with Gasteiger partial charge in [0.05, 0.1) is 40.3 Å². The molecule has 0 amide bonds. The Bertz CT molecular complexity index is 1330. The predicted octanol–water partition coefficient (Wildman–Crippen LogP) is 14.1. The van der Waals surface area contributed by atoms with Crippen LogP contribution in [0.1, 0.15) is 219 Å². The monoisotopic (exact) mass is 940 g/mol. The highest BCUT2D eigenvalue weighted by molar-refractivity contribution is 5.70. The molecule has 2 unspecified atom stereocenters. The molecule has 0 aliphatic rings.